The molecule has 1 atom stereocenters. The monoisotopic (exact) mass is 113 g/mol. The molecule has 0 N–H and O–H groups in total. The second-order valence-electron chi connectivity index (χ2n) is 1.54. The maximum absolute atomic E-state index is 4.54. The minimum Gasteiger partial charge on any atom is -0.103 e. The summed E-state index contributed by atoms with van der Waals surface area (Å²) in [5, 5.41) is 2.68. The fourth-order valence-electron chi connectivity index (χ4n) is 0.298. The Bertz CT molecular complexity index is 66.6. The van der Waals surface area contributed by atoms with Crippen molar-refractivity contribution >= 4 is 17.6 Å². The van der Waals surface area contributed by atoms with E-state index in [0.29, 0.717) is 5.92 Å². The van der Waals surface area contributed by atoms with E-state index in [2.05, 4.69) is 24.2 Å². The second-order valence-corrected chi connectivity index (χ2v) is 1.78. The van der Waals surface area contributed by atoms with Crippen molar-refractivity contribution in [2.45, 2.75) is 13.3 Å². The van der Waals surface area contributed by atoms with Crippen molar-refractivity contribution in [3.63, 3.8) is 0 Å². The van der Waals surface area contributed by atoms with E-state index in [9.17, 15) is 0 Å². The summed E-state index contributed by atoms with van der Waals surface area (Å²) in [6, 6.07) is 0. The molecule has 0 amide bonds. The fraction of sp³-hybridized carbons (Fsp3) is 0.500. The molecule has 0 aromatic rings. The molecule has 0 aliphatic carbocycles. The van der Waals surface area contributed by atoms with Crippen LogP contribution in [0.15, 0.2) is 12.7 Å². The van der Waals surface area contributed by atoms with Crippen molar-refractivity contribution in [2.75, 3.05) is 0 Å². The van der Waals surface area contributed by atoms with Crippen molar-refractivity contribution in [1.29, 1.82) is 0 Å². The summed E-state index contributed by atoms with van der Waals surface area (Å²) in [6.07, 6.45) is 2.80. The average molecular weight is 113 g/mol. The number of thiocarbonyl (C=S) groups is 1. The third-order valence-corrected chi connectivity index (χ3v) is 1.12. The van der Waals surface area contributed by atoms with Crippen LogP contribution < -0.4 is 0 Å². The number of hydrogen-bond acceptors (Lipinski definition) is 1. The molecule has 0 heterocycles. The highest BCUT2D eigenvalue weighted by Crippen LogP contribution is 1.96. The van der Waals surface area contributed by atoms with Crippen LogP contribution in [0, 0.1) is 5.92 Å². The van der Waals surface area contributed by atoms with E-state index in [0.717, 1.165) is 6.42 Å². The van der Waals surface area contributed by atoms with Gasteiger partial charge in [-0.15, -0.1) is 6.58 Å². The van der Waals surface area contributed by atoms with E-state index in [-0.39, 0.29) is 0 Å². The highest BCUT2D eigenvalue weighted by Gasteiger charge is 1.89. The van der Waals surface area contributed by atoms with Gasteiger partial charge in [0.05, 0.1) is 0 Å². The lowest BCUT2D eigenvalue weighted by Gasteiger charge is -1.93. The Balaban J connectivity index is 3.15. The van der Waals surface area contributed by atoms with Crippen molar-refractivity contribution in [3.8, 4) is 0 Å². The third kappa shape index (κ3) is 3.67. The molecule has 1 unspecified atom stereocenters. The van der Waals surface area contributed by atoms with Gasteiger partial charge in [-0.05, 0) is 12.3 Å². The fourth-order valence-corrected chi connectivity index (χ4v) is 0.394. The molecule has 0 rings (SSSR count). The summed E-state index contributed by atoms with van der Waals surface area (Å²) in [7, 11) is 0. The van der Waals surface area contributed by atoms with Gasteiger partial charge in [-0.1, -0.05) is 25.2 Å². The molecule has 0 aliphatic rings. The third-order valence-electron chi connectivity index (χ3n) is 0.721. The molecule has 0 spiro atoms. The van der Waals surface area contributed by atoms with Crippen LogP contribution in [0.2, 0.25) is 0 Å². The van der Waals surface area contributed by atoms with Crippen molar-refractivity contribution in [3.05, 3.63) is 12.7 Å². The topological polar surface area (TPSA) is 0 Å². The summed E-state index contributed by atoms with van der Waals surface area (Å²) < 4.78 is 0. The number of hydrogen-bond donors (Lipinski definition) is 0. The van der Waals surface area contributed by atoms with Gasteiger partial charge in [-0.3, -0.25) is 0 Å². The normalized spacial score (nSPS) is 12.7. The number of rotatable bonds is 3. The minimum atomic E-state index is 0.396. The summed E-state index contributed by atoms with van der Waals surface area (Å²) >= 11 is 4.54. The zero-order valence-corrected chi connectivity index (χ0v) is 5.29. The maximum Gasteiger partial charge on any atom is 0.0325 e. The zero-order valence-electron chi connectivity index (χ0n) is 4.48. The molecule has 1 heteroatoms. The predicted octanol–water partition coefficient (Wildman–Crippen LogP) is 2.08. The molecular weight excluding hydrogens is 104 g/mol. The van der Waals surface area contributed by atoms with Crippen LogP contribution in [0.5, 0.6) is 0 Å². The molecule has 0 aromatic heterocycles. The van der Waals surface area contributed by atoms with Crippen LogP contribution in [0.1, 0.15) is 13.3 Å². The first-order valence-corrected chi connectivity index (χ1v) is 2.70. The van der Waals surface area contributed by atoms with Crippen LogP contribution in [-0.2, 0) is 0 Å². The van der Waals surface area contributed by atoms with E-state index in [1.54, 1.807) is 0 Å². The summed E-state index contributed by atoms with van der Waals surface area (Å²) in [5.74, 6) is 0.396. The molecule has 7 heavy (non-hydrogen) atoms. The van der Waals surface area contributed by atoms with Crippen molar-refractivity contribution in [2.24, 2.45) is 5.92 Å². The molecule has 0 bridgehead atoms. The Morgan fingerprint density at radius 1 is 2.00 bits per heavy atom. The lowest BCUT2D eigenvalue weighted by molar-refractivity contribution is 0.819. The summed E-state index contributed by atoms with van der Waals surface area (Å²) in [4.78, 5) is 0. The minimum absolute atomic E-state index is 0.396. The van der Waals surface area contributed by atoms with E-state index >= 15 is 0 Å². The first kappa shape index (κ1) is 6.83. The first-order valence-electron chi connectivity index (χ1n) is 2.29. The molecular formula is C6H9S. The van der Waals surface area contributed by atoms with Crippen molar-refractivity contribution in [1.82, 2.24) is 0 Å². The SMILES string of the molecule is C=CCC(C)[C]=S. The van der Waals surface area contributed by atoms with Gasteiger partial charge in [0.2, 0.25) is 0 Å². The zero-order chi connectivity index (χ0) is 5.70. The Hall–Kier alpha value is -0.170. The van der Waals surface area contributed by atoms with Crippen LogP contribution in [0.25, 0.3) is 0 Å². The molecule has 0 saturated heterocycles. The van der Waals surface area contributed by atoms with Crippen molar-refractivity contribution < 1.29 is 0 Å². The Morgan fingerprint density at radius 2 is 2.57 bits per heavy atom. The Labute approximate surface area is 50.2 Å². The quantitative estimate of drug-likeness (QED) is 0.399. The lowest BCUT2D eigenvalue weighted by Crippen LogP contribution is -1.88. The van der Waals surface area contributed by atoms with E-state index in [1.807, 2.05) is 13.0 Å². The predicted molar refractivity (Wildman–Crippen MR) is 36.6 cm³/mol. The van der Waals surface area contributed by atoms with E-state index < -0.39 is 0 Å². The Morgan fingerprint density at radius 3 is 2.71 bits per heavy atom. The molecule has 0 aromatic carbocycles. The van der Waals surface area contributed by atoms with Crippen LogP contribution in [-0.4, -0.2) is 5.37 Å². The lowest BCUT2D eigenvalue weighted by atomic mass is 10.1. The van der Waals surface area contributed by atoms with Gasteiger partial charge in [0.1, 0.15) is 0 Å². The van der Waals surface area contributed by atoms with Gasteiger partial charge in [-0.25, -0.2) is 0 Å². The average Bonchev–Trinajstić information content (AvgIpc) is 1.68. The van der Waals surface area contributed by atoms with Crippen LogP contribution in [0.3, 0.4) is 0 Å². The summed E-state index contributed by atoms with van der Waals surface area (Å²) in [5.41, 5.74) is 0. The second kappa shape index (κ2) is 4.00. The largest absolute Gasteiger partial charge is 0.103 e. The van der Waals surface area contributed by atoms with Gasteiger partial charge < -0.3 is 0 Å². The van der Waals surface area contributed by atoms with Gasteiger partial charge in [0.25, 0.3) is 0 Å². The molecule has 1 radical (unpaired) electrons. The Kier molecular flexibility index (Phi) is 3.90. The standard InChI is InChI=1S/C6H9S/c1-3-4-6(2)5-7/h3,6H,1,4H2,2H3. The van der Waals surface area contributed by atoms with E-state index in [1.165, 1.54) is 0 Å². The molecule has 0 fully saturated rings. The van der Waals surface area contributed by atoms with Gasteiger partial charge >= 0.3 is 0 Å². The highest BCUT2D eigenvalue weighted by molar-refractivity contribution is 7.79. The van der Waals surface area contributed by atoms with Gasteiger partial charge in [0, 0.05) is 5.37 Å². The number of allylic oxidation sites excluding steroid dienone is 1. The van der Waals surface area contributed by atoms with Crippen LogP contribution in [0.4, 0.5) is 0 Å². The van der Waals surface area contributed by atoms with E-state index in [4.69, 9.17) is 0 Å². The molecule has 39 valence electrons. The smallest absolute Gasteiger partial charge is 0.0325 e. The summed E-state index contributed by atoms with van der Waals surface area (Å²) in [6.45, 7) is 5.58. The first-order chi connectivity index (χ1) is 3.31. The molecule has 0 aliphatic heterocycles. The molecule has 0 nitrogen and oxygen atoms in total. The van der Waals surface area contributed by atoms with Gasteiger partial charge in [-0.2, -0.15) is 0 Å². The molecule has 0 saturated carbocycles. The maximum atomic E-state index is 4.54. The highest BCUT2D eigenvalue weighted by atomic mass is 32.1. The van der Waals surface area contributed by atoms with Crippen LogP contribution >= 0.6 is 12.2 Å². The van der Waals surface area contributed by atoms with Gasteiger partial charge in [0.15, 0.2) is 0 Å².